The number of aromatic nitrogens is 1. The van der Waals surface area contributed by atoms with Gasteiger partial charge in [-0.3, -0.25) is 24.0 Å². The molecule has 7 amide bonds. The fraction of sp³-hybridized carbons (Fsp3) is 0.543. The molecule has 2 aromatic carbocycles. The summed E-state index contributed by atoms with van der Waals surface area (Å²) >= 11 is 0. The van der Waals surface area contributed by atoms with Gasteiger partial charge in [-0.1, -0.05) is 103 Å². The minimum absolute atomic E-state index is 0.0760. The lowest BCUT2D eigenvalue weighted by Crippen LogP contribution is -2.61. The zero-order valence-corrected chi connectivity index (χ0v) is 37.1. The van der Waals surface area contributed by atoms with Crippen LogP contribution in [0.3, 0.4) is 0 Å². The van der Waals surface area contributed by atoms with Crippen molar-refractivity contribution < 1.29 is 38.7 Å². The number of nitrogens with one attached hydrogen (secondary N) is 7. The first-order chi connectivity index (χ1) is 29.5. The van der Waals surface area contributed by atoms with Gasteiger partial charge in [0.05, 0.1) is 0 Å². The highest BCUT2D eigenvalue weighted by molar-refractivity contribution is 5.97. The highest BCUT2D eigenvalue weighted by atomic mass is 16.4. The minimum Gasteiger partial charge on any atom is -0.480 e. The van der Waals surface area contributed by atoms with E-state index in [0.29, 0.717) is 25.7 Å². The van der Waals surface area contributed by atoms with Gasteiger partial charge >= 0.3 is 12.0 Å². The molecule has 0 spiro atoms. The minimum atomic E-state index is -1.22. The third kappa shape index (κ3) is 13.5. The Morgan fingerprint density at radius 3 is 2.15 bits per heavy atom. The number of urea groups is 1. The second kappa shape index (κ2) is 23.3. The number of aromatic amines is 1. The highest BCUT2D eigenvalue weighted by Crippen LogP contribution is 2.22. The number of carbonyl (C=O) groups excluding carboxylic acids is 6. The molecule has 0 radical (unpaired) electrons. The molecule has 0 aliphatic carbocycles. The molecule has 0 saturated carbocycles. The zero-order chi connectivity index (χ0) is 45.5. The van der Waals surface area contributed by atoms with Crippen molar-refractivity contribution >= 4 is 52.4 Å². The molecule has 1 aliphatic heterocycles. The Hall–Kier alpha value is -5.93. The average Bonchev–Trinajstić information content (AvgIpc) is 3.66. The fourth-order valence-corrected chi connectivity index (χ4v) is 7.65. The number of rotatable bonds is 13. The molecular weight excluding hydrogens is 793 g/mol. The lowest BCUT2D eigenvalue weighted by Gasteiger charge is -2.33. The summed E-state index contributed by atoms with van der Waals surface area (Å²) in [5.74, 6) is -4.91. The van der Waals surface area contributed by atoms with Crippen LogP contribution in [0.25, 0.3) is 10.9 Å². The van der Waals surface area contributed by atoms with Gasteiger partial charge in [0.15, 0.2) is 0 Å². The number of H-pyrrole nitrogens is 1. The van der Waals surface area contributed by atoms with E-state index in [0.717, 1.165) is 22.0 Å². The van der Waals surface area contributed by atoms with Gasteiger partial charge in [0, 0.05) is 43.5 Å². The number of carboxylic acid groups (broad SMARTS) is 1. The number of carbonyl (C=O) groups is 7. The second-order valence-electron chi connectivity index (χ2n) is 17.0. The van der Waals surface area contributed by atoms with Gasteiger partial charge in [-0.2, -0.15) is 0 Å². The lowest BCUT2D eigenvalue weighted by molar-refractivity contribution is -0.143. The standard InChI is InChI=1S/C46H66N8O8/c1-8-28(5)38-43(58)50-36(23-27(3)4)44(59)54(7)37(25-31-26-48-33-20-14-13-19-32(31)33)42(57)49-35(24-30-17-11-10-12-18-30)40(55)47-22-16-15-21-34(41(56)52-38)51-46(62)53-39(45(60)61)29(6)9-2/h10-14,17-20,26-29,34-39,48H,8-9,15-16,21-25H2,1-7H3,(H,47,55)(H,49,57)(H,50,58)(H,52,56)(H,60,61)(H2,51,53,62)/t28?,29?,34-,35-,36-,37-,38+,39-/m0/s1. The lowest BCUT2D eigenvalue weighted by atomic mass is 9.95. The molecule has 0 bridgehead atoms. The summed E-state index contributed by atoms with van der Waals surface area (Å²) in [6.07, 6.45) is 4.03. The van der Waals surface area contributed by atoms with Crippen molar-refractivity contribution in [3.05, 3.63) is 71.9 Å². The monoisotopic (exact) mass is 859 g/mol. The maximum Gasteiger partial charge on any atom is 0.326 e. The van der Waals surface area contributed by atoms with Gasteiger partial charge in [-0.05, 0) is 60.6 Å². The van der Waals surface area contributed by atoms with Crippen molar-refractivity contribution in [1.82, 2.24) is 41.8 Å². The van der Waals surface area contributed by atoms with Crippen LogP contribution in [0, 0.1) is 17.8 Å². The Balaban J connectivity index is 1.75. The molecule has 4 rings (SSSR count). The van der Waals surface area contributed by atoms with Crippen LogP contribution in [0.5, 0.6) is 0 Å². The third-order valence-electron chi connectivity index (χ3n) is 11.8. The number of likely N-dealkylation sites (N-methyl/N-ethyl adjacent to an activating group) is 1. The van der Waals surface area contributed by atoms with Gasteiger partial charge in [0.25, 0.3) is 0 Å². The van der Waals surface area contributed by atoms with Gasteiger partial charge in [-0.15, -0.1) is 0 Å². The first-order valence-corrected chi connectivity index (χ1v) is 21.9. The van der Waals surface area contributed by atoms with Gasteiger partial charge < -0.3 is 46.9 Å². The van der Waals surface area contributed by atoms with Gasteiger partial charge in [0.1, 0.15) is 36.3 Å². The van der Waals surface area contributed by atoms with Crippen LogP contribution in [-0.2, 0) is 41.6 Å². The van der Waals surface area contributed by atoms with E-state index < -0.39 is 89.6 Å². The normalized spacial score (nSPS) is 22.8. The number of carboxylic acids is 1. The Labute approximate surface area is 364 Å². The van der Waals surface area contributed by atoms with Crippen molar-refractivity contribution in [3.63, 3.8) is 0 Å². The first kappa shape index (κ1) is 48.7. The summed E-state index contributed by atoms with van der Waals surface area (Å²) in [4.78, 5) is 102. The van der Waals surface area contributed by atoms with E-state index in [1.807, 2.05) is 75.4 Å². The molecule has 2 heterocycles. The Kier molecular flexibility index (Phi) is 18.3. The maximum absolute atomic E-state index is 14.7. The van der Waals surface area contributed by atoms with Gasteiger partial charge in [-0.25, -0.2) is 9.59 Å². The van der Waals surface area contributed by atoms with Crippen LogP contribution in [0.4, 0.5) is 4.79 Å². The summed E-state index contributed by atoms with van der Waals surface area (Å²) in [5, 5.41) is 27.4. The number of nitrogens with zero attached hydrogens (tertiary/aromatic N) is 1. The molecule has 16 heteroatoms. The predicted octanol–water partition coefficient (Wildman–Crippen LogP) is 3.79. The van der Waals surface area contributed by atoms with Crippen molar-refractivity contribution in [2.24, 2.45) is 17.8 Å². The number of para-hydroxylation sites is 1. The van der Waals surface area contributed by atoms with E-state index in [2.05, 4.69) is 36.9 Å². The largest absolute Gasteiger partial charge is 0.480 e. The van der Waals surface area contributed by atoms with E-state index in [4.69, 9.17) is 0 Å². The van der Waals surface area contributed by atoms with Crippen LogP contribution in [0.1, 0.15) is 91.2 Å². The molecule has 2 unspecified atom stereocenters. The quantitative estimate of drug-likeness (QED) is 0.126. The van der Waals surface area contributed by atoms with E-state index in [9.17, 15) is 38.7 Å². The summed E-state index contributed by atoms with van der Waals surface area (Å²) in [6, 6.07) is 9.25. The Morgan fingerprint density at radius 2 is 1.48 bits per heavy atom. The van der Waals surface area contributed by atoms with Crippen molar-refractivity contribution in [1.29, 1.82) is 0 Å². The summed E-state index contributed by atoms with van der Waals surface area (Å²) in [7, 11) is 1.51. The third-order valence-corrected chi connectivity index (χ3v) is 11.8. The van der Waals surface area contributed by atoms with E-state index >= 15 is 0 Å². The van der Waals surface area contributed by atoms with Crippen LogP contribution in [0.15, 0.2) is 60.8 Å². The SMILES string of the molecule is CCC(C)[C@H](NC(=O)N[C@H]1CCCCNC(=O)[C@H](Cc2ccccc2)NC(=O)[C@H](Cc2c[nH]c3ccccc23)N(C)C(=O)[C@H](CC(C)C)NC(=O)[C@@H](C(C)CC)NC1=O)C(=O)O. The molecular formula is C46H66N8O8. The molecule has 3 aromatic rings. The van der Waals surface area contributed by atoms with E-state index in [-0.39, 0.29) is 38.1 Å². The van der Waals surface area contributed by atoms with E-state index in [1.54, 1.807) is 27.0 Å². The number of fused-ring (bicyclic) bond motifs is 1. The summed E-state index contributed by atoms with van der Waals surface area (Å²) in [6.45, 7) is 11.1. The van der Waals surface area contributed by atoms with Crippen LogP contribution in [-0.4, -0.2) is 106 Å². The zero-order valence-electron chi connectivity index (χ0n) is 37.1. The smallest absolute Gasteiger partial charge is 0.326 e. The maximum atomic E-state index is 14.7. The second-order valence-corrected chi connectivity index (χ2v) is 17.0. The van der Waals surface area contributed by atoms with Crippen molar-refractivity contribution in [3.8, 4) is 0 Å². The molecule has 8 atom stereocenters. The molecule has 1 aliphatic rings. The van der Waals surface area contributed by atoms with Crippen LogP contribution in [0.2, 0.25) is 0 Å². The van der Waals surface area contributed by atoms with Crippen LogP contribution >= 0.6 is 0 Å². The van der Waals surface area contributed by atoms with Crippen molar-refractivity contribution in [2.75, 3.05) is 13.6 Å². The van der Waals surface area contributed by atoms with Gasteiger partial charge in [0.2, 0.25) is 29.5 Å². The molecule has 8 N–H and O–H groups in total. The average molecular weight is 859 g/mol. The molecule has 16 nitrogen and oxygen atoms in total. The first-order valence-electron chi connectivity index (χ1n) is 21.9. The number of amides is 7. The summed E-state index contributed by atoms with van der Waals surface area (Å²) in [5.41, 5.74) is 2.43. The number of benzene rings is 2. The Bertz CT molecular complexity index is 2000. The molecule has 1 fully saturated rings. The predicted molar refractivity (Wildman–Crippen MR) is 237 cm³/mol. The van der Waals surface area contributed by atoms with E-state index in [1.165, 1.54) is 11.9 Å². The highest BCUT2D eigenvalue weighted by Gasteiger charge is 2.38. The molecule has 1 aromatic heterocycles. The molecule has 1 saturated heterocycles. The molecule has 62 heavy (non-hydrogen) atoms. The number of aliphatic carboxylic acids is 1. The molecule has 338 valence electrons. The number of hydrogen-bond donors (Lipinski definition) is 8. The Morgan fingerprint density at radius 1 is 0.806 bits per heavy atom. The topological polar surface area (TPSA) is 231 Å². The number of hydrogen-bond acceptors (Lipinski definition) is 7. The van der Waals surface area contributed by atoms with Crippen molar-refractivity contribution in [2.45, 2.75) is 129 Å². The van der Waals surface area contributed by atoms with Crippen LogP contribution < -0.4 is 31.9 Å². The summed E-state index contributed by atoms with van der Waals surface area (Å²) < 4.78 is 0. The fourth-order valence-electron chi connectivity index (χ4n) is 7.65.